The maximum Gasteiger partial charge on any atom is 0.130 e. The van der Waals surface area contributed by atoms with E-state index in [1.807, 2.05) is 38.1 Å². The molecule has 1 aromatic rings. The van der Waals surface area contributed by atoms with Crippen molar-refractivity contribution >= 4 is 0 Å². The predicted octanol–water partition coefficient (Wildman–Crippen LogP) is 4.48. The summed E-state index contributed by atoms with van der Waals surface area (Å²) in [5, 5.41) is 0. The van der Waals surface area contributed by atoms with Crippen LogP contribution in [0.25, 0.3) is 0 Å². The van der Waals surface area contributed by atoms with Crippen LogP contribution in [0.2, 0.25) is 0 Å². The molecule has 14 heavy (non-hydrogen) atoms. The Morgan fingerprint density at radius 2 is 1.50 bits per heavy atom. The minimum absolute atomic E-state index is 0.750. The molecule has 0 spiro atoms. The molecular formula is C13H21F. The van der Waals surface area contributed by atoms with E-state index in [0.717, 1.165) is 12.0 Å². The summed E-state index contributed by atoms with van der Waals surface area (Å²) >= 11 is 0. The average molecular weight is 196 g/mol. The number of rotatable bonds is 2. The zero-order valence-electron chi connectivity index (χ0n) is 9.89. The van der Waals surface area contributed by atoms with Gasteiger partial charge >= 0.3 is 0 Å². The quantitative estimate of drug-likeness (QED) is 0.654. The molecule has 80 valence electrons. The van der Waals surface area contributed by atoms with Gasteiger partial charge in [0, 0.05) is 0 Å². The Hall–Kier alpha value is -0.850. The molecule has 1 heteroatoms. The molecule has 0 aromatic heterocycles. The molecule has 0 saturated heterocycles. The third-order valence-corrected chi connectivity index (χ3v) is 2.05. The second-order valence-corrected chi connectivity index (χ2v) is 3.52. The lowest BCUT2D eigenvalue weighted by atomic mass is 9.98. The Bertz CT molecular complexity index is 241. The number of halogens is 1. The van der Waals surface area contributed by atoms with Crippen molar-refractivity contribution in [2.24, 2.45) is 0 Å². The highest BCUT2D eigenvalue weighted by atomic mass is 19.1. The van der Waals surface area contributed by atoms with Crippen LogP contribution in [-0.2, 0) is 12.1 Å². The van der Waals surface area contributed by atoms with E-state index in [1.54, 1.807) is 13.8 Å². The Balaban J connectivity index is 0.000000791. The minimum Gasteiger partial charge on any atom is -0.239 e. The molecule has 1 aromatic carbocycles. The van der Waals surface area contributed by atoms with Gasteiger partial charge in [-0.2, -0.15) is 0 Å². The fourth-order valence-electron chi connectivity index (χ4n) is 1.14. The molecule has 0 unspecified atom stereocenters. The summed E-state index contributed by atoms with van der Waals surface area (Å²) in [7, 11) is 0. The van der Waals surface area contributed by atoms with E-state index in [2.05, 4.69) is 6.92 Å². The van der Waals surface area contributed by atoms with E-state index in [0.29, 0.717) is 0 Å². The normalized spacial score (nSPS) is 10.4. The average Bonchev–Trinajstić information content (AvgIpc) is 2.20. The highest BCUT2D eigenvalue weighted by Crippen LogP contribution is 2.24. The molecule has 1 rings (SSSR count). The fourth-order valence-corrected chi connectivity index (χ4v) is 1.14. The SMILES string of the molecule is CC.CCc1ccc(C(C)(C)F)cc1. The minimum atomic E-state index is -1.22. The van der Waals surface area contributed by atoms with Crippen molar-refractivity contribution in [3.05, 3.63) is 35.4 Å². The smallest absolute Gasteiger partial charge is 0.130 e. The number of hydrogen-bond acceptors (Lipinski definition) is 0. The molecule has 0 N–H and O–H groups in total. The van der Waals surface area contributed by atoms with Crippen LogP contribution < -0.4 is 0 Å². The van der Waals surface area contributed by atoms with E-state index in [-0.39, 0.29) is 0 Å². The Morgan fingerprint density at radius 3 is 1.79 bits per heavy atom. The highest BCUT2D eigenvalue weighted by molar-refractivity contribution is 5.26. The van der Waals surface area contributed by atoms with Gasteiger partial charge in [0.2, 0.25) is 0 Å². The summed E-state index contributed by atoms with van der Waals surface area (Å²) in [5.74, 6) is 0. The second-order valence-electron chi connectivity index (χ2n) is 3.52. The van der Waals surface area contributed by atoms with Crippen LogP contribution in [0.1, 0.15) is 45.7 Å². The molecule has 0 heterocycles. The maximum atomic E-state index is 13.4. The van der Waals surface area contributed by atoms with Crippen LogP contribution in [0.5, 0.6) is 0 Å². The van der Waals surface area contributed by atoms with Crippen LogP contribution >= 0.6 is 0 Å². The molecule has 0 radical (unpaired) electrons. The lowest BCUT2D eigenvalue weighted by Crippen LogP contribution is -2.08. The first-order chi connectivity index (χ1) is 6.54. The van der Waals surface area contributed by atoms with Crippen molar-refractivity contribution in [1.29, 1.82) is 0 Å². The van der Waals surface area contributed by atoms with Gasteiger partial charge in [0.05, 0.1) is 0 Å². The second kappa shape index (κ2) is 5.79. The molecular weight excluding hydrogens is 175 g/mol. The first kappa shape index (κ1) is 13.2. The molecule has 0 saturated carbocycles. The molecule has 0 bridgehead atoms. The topological polar surface area (TPSA) is 0 Å². The summed E-state index contributed by atoms with van der Waals surface area (Å²) < 4.78 is 13.4. The number of alkyl halides is 1. The Kier molecular flexibility index (Phi) is 5.44. The van der Waals surface area contributed by atoms with Crippen molar-refractivity contribution in [1.82, 2.24) is 0 Å². The van der Waals surface area contributed by atoms with Crippen LogP contribution in [0.4, 0.5) is 4.39 Å². The van der Waals surface area contributed by atoms with Crippen LogP contribution in [-0.4, -0.2) is 0 Å². The largest absolute Gasteiger partial charge is 0.239 e. The highest BCUT2D eigenvalue weighted by Gasteiger charge is 2.17. The van der Waals surface area contributed by atoms with Crippen molar-refractivity contribution in [2.75, 3.05) is 0 Å². The Labute approximate surface area is 87.2 Å². The van der Waals surface area contributed by atoms with Gasteiger partial charge in [0.1, 0.15) is 5.67 Å². The third kappa shape index (κ3) is 3.91. The molecule has 0 amide bonds. The molecule has 0 atom stereocenters. The number of hydrogen-bond donors (Lipinski definition) is 0. The van der Waals surface area contributed by atoms with Crippen LogP contribution in [0, 0.1) is 0 Å². The summed E-state index contributed by atoms with van der Waals surface area (Å²) in [6.45, 7) is 9.25. The van der Waals surface area contributed by atoms with Crippen molar-refractivity contribution in [3.63, 3.8) is 0 Å². The molecule has 0 aliphatic carbocycles. The molecule has 0 fully saturated rings. The van der Waals surface area contributed by atoms with Crippen LogP contribution in [0.3, 0.4) is 0 Å². The van der Waals surface area contributed by atoms with E-state index in [9.17, 15) is 4.39 Å². The van der Waals surface area contributed by atoms with Gasteiger partial charge in [-0.05, 0) is 31.4 Å². The van der Waals surface area contributed by atoms with Crippen LogP contribution in [0.15, 0.2) is 24.3 Å². The standard InChI is InChI=1S/C11H15F.C2H6/c1-4-9-5-7-10(8-6-9)11(2,3)12;1-2/h5-8H,4H2,1-3H3;1-2H3. The van der Waals surface area contributed by atoms with Gasteiger partial charge in [0.15, 0.2) is 0 Å². The van der Waals surface area contributed by atoms with Gasteiger partial charge in [-0.25, -0.2) is 4.39 Å². The van der Waals surface area contributed by atoms with Crippen molar-refractivity contribution in [3.8, 4) is 0 Å². The third-order valence-electron chi connectivity index (χ3n) is 2.05. The first-order valence-corrected chi connectivity index (χ1v) is 5.32. The monoisotopic (exact) mass is 196 g/mol. The van der Waals surface area contributed by atoms with Gasteiger partial charge in [-0.3, -0.25) is 0 Å². The van der Waals surface area contributed by atoms with E-state index in [4.69, 9.17) is 0 Å². The van der Waals surface area contributed by atoms with E-state index >= 15 is 0 Å². The lowest BCUT2D eigenvalue weighted by molar-refractivity contribution is 0.221. The van der Waals surface area contributed by atoms with Crippen molar-refractivity contribution in [2.45, 2.75) is 46.7 Å². The van der Waals surface area contributed by atoms with Gasteiger partial charge in [-0.15, -0.1) is 0 Å². The predicted molar refractivity (Wildman–Crippen MR) is 61.3 cm³/mol. The van der Waals surface area contributed by atoms with Crippen molar-refractivity contribution < 1.29 is 4.39 Å². The number of aryl methyl sites for hydroxylation is 1. The first-order valence-electron chi connectivity index (χ1n) is 5.32. The molecule has 0 aliphatic heterocycles. The number of benzene rings is 1. The van der Waals surface area contributed by atoms with Gasteiger partial charge < -0.3 is 0 Å². The summed E-state index contributed by atoms with van der Waals surface area (Å²) in [4.78, 5) is 0. The summed E-state index contributed by atoms with van der Waals surface area (Å²) in [5.41, 5.74) is 0.786. The fraction of sp³-hybridized carbons (Fsp3) is 0.538. The zero-order chi connectivity index (χ0) is 11.2. The summed E-state index contributed by atoms with van der Waals surface area (Å²) in [6, 6.07) is 7.69. The summed E-state index contributed by atoms with van der Waals surface area (Å²) in [6.07, 6.45) is 1.01. The van der Waals surface area contributed by atoms with Gasteiger partial charge in [-0.1, -0.05) is 45.0 Å². The van der Waals surface area contributed by atoms with E-state index in [1.165, 1.54) is 5.56 Å². The maximum absolute atomic E-state index is 13.4. The lowest BCUT2D eigenvalue weighted by Gasteiger charge is -2.14. The molecule has 0 aliphatic rings. The van der Waals surface area contributed by atoms with E-state index < -0.39 is 5.67 Å². The zero-order valence-corrected chi connectivity index (χ0v) is 9.89. The molecule has 0 nitrogen and oxygen atoms in total. The Morgan fingerprint density at radius 1 is 1.07 bits per heavy atom. The van der Waals surface area contributed by atoms with Gasteiger partial charge in [0.25, 0.3) is 0 Å².